The van der Waals surface area contributed by atoms with Crippen molar-refractivity contribution in [1.29, 1.82) is 0 Å². The van der Waals surface area contributed by atoms with Gasteiger partial charge in [-0.25, -0.2) is 4.68 Å². The number of carbonyl (C=O) groups excluding carboxylic acids is 1. The summed E-state index contributed by atoms with van der Waals surface area (Å²) in [6.45, 7) is 5.89. The topological polar surface area (TPSA) is 60.3 Å². The zero-order chi connectivity index (χ0) is 16.0. The van der Waals surface area contributed by atoms with Crippen molar-refractivity contribution < 1.29 is 9.53 Å². The summed E-state index contributed by atoms with van der Waals surface area (Å²) in [6.07, 6.45) is 2.69. The fourth-order valence-corrected chi connectivity index (χ4v) is 3.50. The SMILES string of the molecule is Cc1ccc(C)c(C(=O)N2CC[C@H]3OCc4cnnn4[C@@H]3C2)c1. The van der Waals surface area contributed by atoms with E-state index >= 15 is 0 Å². The van der Waals surface area contributed by atoms with E-state index in [1.165, 1.54) is 0 Å². The maximum Gasteiger partial charge on any atom is 0.254 e. The van der Waals surface area contributed by atoms with E-state index in [0.717, 1.165) is 35.3 Å². The molecule has 120 valence electrons. The number of rotatable bonds is 1. The lowest BCUT2D eigenvalue weighted by Crippen LogP contribution is -2.50. The number of aromatic nitrogens is 3. The second-order valence-electron chi connectivity index (χ2n) is 6.44. The number of carbonyl (C=O) groups is 1. The molecule has 6 heteroatoms. The van der Waals surface area contributed by atoms with Gasteiger partial charge in [-0.2, -0.15) is 0 Å². The molecule has 2 aliphatic rings. The number of fused-ring (bicyclic) bond motifs is 3. The van der Waals surface area contributed by atoms with Crippen molar-refractivity contribution in [2.45, 2.75) is 39.0 Å². The Labute approximate surface area is 135 Å². The van der Waals surface area contributed by atoms with Crippen molar-refractivity contribution in [3.63, 3.8) is 0 Å². The van der Waals surface area contributed by atoms with Crippen molar-refractivity contribution in [3.8, 4) is 0 Å². The summed E-state index contributed by atoms with van der Waals surface area (Å²) in [4.78, 5) is 14.9. The Morgan fingerprint density at radius 1 is 1.35 bits per heavy atom. The highest BCUT2D eigenvalue weighted by molar-refractivity contribution is 5.96. The summed E-state index contributed by atoms with van der Waals surface area (Å²) in [5.74, 6) is 0.0943. The number of nitrogens with zero attached hydrogens (tertiary/aromatic N) is 4. The summed E-state index contributed by atoms with van der Waals surface area (Å²) in [5, 5.41) is 8.17. The summed E-state index contributed by atoms with van der Waals surface area (Å²) in [6, 6.07) is 6.08. The van der Waals surface area contributed by atoms with Gasteiger partial charge in [-0.05, 0) is 31.9 Å². The third-order valence-corrected chi connectivity index (χ3v) is 4.84. The van der Waals surface area contributed by atoms with Crippen LogP contribution in [0.4, 0.5) is 0 Å². The van der Waals surface area contributed by atoms with Crippen molar-refractivity contribution in [2.24, 2.45) is 0 Å². The van der Waals surface area contributed by atoms with Gasteiger partial charge in [0.05, 0.1) is 30.6 Å². The van der Waals surface area contributed by atoms with Crippen LogP contribution in [0.25, 0.3) is 0 Å². The van der Waals surface area contributed by atoms with Crippen LogP contribution in [-0.2, 0) is 11.3 Å². The van der Waals surface area contributed by atoms with E-state index in [1.807, 2.05) is 41.6 Å². The maximum absolute atomic E-state index is 12.9. The molecule has 0 radical (unpaired) electrons. The Kier molecular flexibility index (Phi) is 3.41. The molecule has 4 rings (SSSR count). The lowest BCUT2D eigenvalue weighted by molar-refractivity contribution is -0.0605. The second-order valence-corrected chi connectivity index (χ2v) is 6.44. The molecule has 23 heavy (non-hydrogen) atoms. The first-order valence-electron chi connectivity index (χ1n) is 8.00. The van der Waals surface area contributed by atoms with Crippen LogP contribution in [0.15, 0.2) is 24.4 Å². The lowest BCUT2D eigenvalue weighted by Gasteiger charge is -2.41. The smallest absolute Gasteiger partial charge is 0.254 e. The van der Waals surface area contributed by atoms with Gasteiger partial charge in [0.25, 0.3) is 5.91 Å². The Bertz CT molecular complexity index is 755. The number of likely N-dealkylation sites (tertiary alicyclic amines) is 1. The Morgan fingerprint density at radius 2 is 2.22 bits per heavy atom. The highest BCUT2D eigenvalue weighted by Crippen LogP contribution is 2.30. The van der Waals surface area contributed by atoms with Crippen LogP contribution in [-0.4, -0.2) is 45.0 Å². The highest BCUT2D eigenvalue weighted by Gasteiger charge is 2.38. The van der Waals surface area contributed by atoms with E-state index in [4.69, 9.17) is 4.74 Å². The van der Waals surface area contributed by atoms with Gasteiger partial charge < -0.3 is 9.64 Å². The second kappa shape index (κ2) is 5.45. The van der Waals surface area contributed by atoms with Crippen molar-refractivity contribution >= 4 is 5.91 Å². The maximum atomic E-state index is 12.9. The molecule has 1 saturated heterocycles. The average molecular weight is 312 g/mol. The molecule has 1 fully saturated rings. The van der Waals surface area contributed by atoms with E-state index < -0.39 is 0 Å². The lowest BCUT2D eigenvalue weighted by atomic mass is 9.98. The molecule has 2 aliphatic heterocycles. The van der Waals surface area contributed by atoms with Crippen LogP contribution < -0.4 is 0 Å². The quantitative estimate of drug-likeness (QED) is 0.807. The number of ether oxygens (including phenoxy) is 1. The Morgan fingerprint density at radius 3 is 3.09 bits per heavy atom. The van der Waals surface area contributed by atoms with E-state index in [-0.39, 0.29) is 18.1 Å². The Hall–Kier alpha value is -2.21. The van der Waals surface area contributed by atoms with Gasteiger partial charge >= 0.3 is 0 Å². The molecule has 0 aliphatic carbocycles. The number of aryl methyl sites for hydroxylation is 2. The molecule has 0 unspecified atom stereocenters. The minimum atomic E-state index is 0.0593. The van der Waals surface area contributed by atoms with Gasteiger partial charge in [0, 0.05) is 18.7 Å². The van der Waals surface area contributed by atoms with Gasteiger partial charge in [-0.15, -0.1) is 5.10 Å². The molecule has 6 nitrogen and oxygen atoms in total. The van der Waals surface area contributed by atoms with Gasteiger partial charge in [0.2, 0.25) is 0 Å². The molecule has 1 aromatic carbocycles. The molecule has 0 saturated carbocycles. The van der Waals surface area contributed by atoms with E-state index in [2.05, 4.69) is 10.3 Å². The van der Waals surface area contributed by atoms with Gasteiger partial charge in [0.1, 0.15) is 0 Å². The largest absolute Gasteiger partial charge is 0.370 e. The molecule has 2 atom stereocenters. The zero-order valence-electron chi connectivity index (χ0n) is 13.4. The summed E-state index contributed by atoms with van der Waals surface area (Å²) < 4.78 is 7.83. The highest BCUT2D eigenvalue weighted by atomic mass is 16.5. The Balaban J connectivity index is 1.60. The first kappa shape index (κ1) is 14.4. The predicted octanol–water partition coefficient (Wildman–Crippen LogP) is 1.88. The monoisotopic (exact) mass is 312 g/mol. The zero-order valence-corrected chi connectivity index (χ0v) is 13.4. The summed E-state index contributed by atoms with van der Waals surface area (Å²) in [7, 11) is 0. The first-order chi connectivity index (χ1) is 11.1. The molecular formula is C17H20N4O2. The number of amides is 1. The van der Waals surface area contributed by atoms with Crippen LogP contribution in [0.1, 0.15) is 39.6 Å². The predicted molar refractivity (Wildman–Crippen MR) is 84.1 cm³/mol. The van der Waals surface area contributed by atoms with Crippen molar-refractivity contribution in [1.82, 2.24) is 19.9 Å². The van der Waals surface area contributed by atoms with Gasteiger partial charge in [0.15, 0.2) is 0 Å². The fraction of sp³-hybridized carbons (Fsp3) is 0.471. The third kappa shape index (κ3) is 2.43. The number of piperidine rings is 1. The van der Waals surface area contributed by atoms with Crippen molar-refractivity contribution in [2.75, 3.05) is 13.1 Å². The van der Waals surface area contributed by atoms with Crippen LogP contribution in [0, 0.1) is 13.8 Å². The van der Waals surface area contributed by atoms with E-state index in [9.17, 15) is 4.79 Å². The standard InChI is InChI=1S/C17H20N4O2/c1-11-3-4-12(2)14(7-11)17(22)20-6-5-16-15(9-20)21-13(10-23-16)8-18-19-21/h3-4,7-8,15-16H,5-6,9-10H2,1-2H3/t15-,16-/m1/s1. The summed E-state index contributed by atoms with van der Waals surface area (Å²) >= 11 is 0. The van der Waals surface area contributed by atoms with Crippen molar-refractivity contribution in [3.05, 3.63) is 46.8 Å². The molecule has 1 aromatic heterocycles. The van der Waals surface area contributed by atoms with Crippen LogP contribution >= 0.6 is 0 Å². The van der Waals surface area contributed by atoms with E-state index in [1.54, 1.807) is 6.20 Å². The first-order valence-corrected chi connectivity index (χ1v) is 8.00. The summed E-state index contributed by atoms with van der Waals surface area (Å²) in [5.41, 5.74) is 3.89. The van der Waals surface area contributed by atoms with E-state index in [0.29, 0.717) is 13.2 Å². The fourth-order valence-electron chi connectivity index (χ4n) is 3.50. The minimum absolute atomic E-state index is 0.0593. The van der Waals surface area contributed by atoms with Crippen LogP contribution in [0.2, 0.25) is 0 Å². The molecule has 2 aromatic rings. The molecule has 1 amide bonds. The number of benzene rings is 1. The molecule has 0 spiro atoms. The normalized spacial score (nSPS) is 23.3. The minimum Gasteiger partial charge on any atom is -0.370 e. The number of hydrogen-bond acceptors (Lipinski definition) is 4. The number of hydrogen-bond donors (Lipinski definition) is 0. The van der Waals surface area contributed by atoms with Crippen LogP contribution in [0.3, 0.4) is 0 Å². The molecule has 0 bridgehead atoms. The average Bonchev–Trinajstić information content (AvgIpc) is 3.05. The molecule has 0 N–H and O–H groups in total. The molecular weight excluding hydrogens is 292 g/mol. The van der Waals surface area contributed by atoms with Gasteiger partial charge in [-0.1, -0.05) is 22.9 Å². The van der Waals surface area contributed by atoms with Crippen LogP contribution in [0.5, 0.6) is 0 Å². The third-order valence-electron chi connectivity index (χ3n) is 4.84. The molecule has 3 heterocycles. The van der Waals surface area contributed by atoms with Gasteiger partial charge in [-0.3, -0.25) is 4.79 Å².